The van der Waals surface area contributed by atoms with Gasteiger partial charge in [-0.05, 0) is 26.0 Å². The third-order valence-electron chi connectivity index (χ3n) is 2.89. The third-order valence-corrected chi connectivity index (χ3v) is 2.89. The van der Waals surface area contributed by atoms with Crippen molar-refractivity contribution < 1.29 is 9.18 Å². The fourth-order valence-corrected chi connectivity index (χ4v) is 2.14. The molecule has 3 heteroatoms. The lowest BCUT2D eigenvalue weighted by Gasteiger charge is -2.23. The molecule has 1 aliphatic heterocycles. The Morgan fingerprint density at radius 3 is 2.87 bits per heavy atom. The van der Waals surface area contributed by atoms with Gasteiger partial charge in [0.15, 0.2) is 0 Å². The summed E-state index contributed by atoms with van der Waals surface area (Å²) in [6, 6.07) is 5.27. The first-order valence-electron chi connectivity index (χ1n) is 5.15. The SMILES string of the molecule is CC(C)N1CC(C=O)c2c(F)cccc21. The second-order valence-electron chi connectivity index (χ2n) is 4.16. The first kappa shape index (κ1) is 10.1. The normalized spacial score (nSPS) is 19.5. The average Bonchev–Trinajstić information content (AvgIpc) is 2.58. The molecule has 0 N–H and O–H groups in total. The Balaban J connectivity index is 2.52. The number of anilines is 1. The summed E-state index contributed by atoms with van der Waals surface area (Å²) in [7, 11) is 0. The summed E-state index contributed by atoms with van der Waals surface area (Å²) in [6.07, 6.45) is 0.838. The van der Waals surface area contributed by atoms with Crippen molar-refractivity contribution in [3.05, 3.63) is 29.6 Å². The van der Waals surface area contributed by atoms with E-state index in [0.717, 1.165) is 12.0 Å². The molecule has 80 valence electrons. The molecule has 0 saturated heterocycles. The molecule has 1 atom stereocenters. The third kappa shape index (κ3) is 1.52. The van der Waals surface area contributed by atoms with Crippen molar-refractivity contribution in [1.82, 2.24) is 0 Å². The van der Waals surface area contributed by atoms with Crippen molar-refractivity contribution in [2.45, 2.75) is 25.8 Å². The van der Waals surface area contributed by atoms with Crippen LogP contribution in [0.4, 0.5) is 10.1 Å². The van der Waals surface area contributed by atoms with Crippen LogP contribution in [-0.4, -0.2) is 18.9 Å². The maximum absolute atomic E-state index is 13.6. The maximum Gasteiger partial charge on any atom is 0.129 e. The Hall–Kier alpha value is -1.38. The monoisotopic (exact) mass is 207 g/mol. The minimum Gasteiger partial charge on any atom is -0.368 e. The minimum absolute atomic E-state index is 0.271. The summed E-state index contributed by atoms with van der Waals surface area (Å²) in [6.45, 7) is 4.68. The first-order chi connectivity index (χ1) is 7.15. The molecule has 0 aliphatic carbocycles. The van der Waals surface area contributed by atoms with Crippen molar-refractivity contribution in [2.75, 3.05) is 11.4 Å². The lowest BCUT2D eigenvalue weighted by Crippen LogP contribution is -2.29. The number of rotatable bonds is 2. The standard InChI is InChI=1S/C12H14FNO/c1-8(2)14-6-9(7-15)12-10(13)4-3-5-11(12)14/h3-5,7-9H,6H2,1-2H3. The number of benzene rings is 1. The summed E-state index contributed by atoms with van der Waals surface area (Å²) in [5, 5.41) is 0. The average molecular weight is 207 g/mol. The maximum atomic E-state index is 13.6. The highest BCUT2D eigenvalue weighted by Gasteiger charge is 2.31. The quantitative estimate of drug-likeness (QED) is 0.694. The highest BCUT2D eigenvalue weighted by Crippen LogP contribution is 2.37. The van der Waals surface area contributed by atoms with Gasteiger partial charge in [-0.15, -0.1) is 0 Å². The molecule has 0 saturated carbocycles. The van der Waals surface area contributed by atoms with E-state index in [4.69, 9.17) is 0 Å². The van der Waals surface area contributed by atoms with Crippen molar-refractivity contribution >= 4 is 12.0 Å². The zero-order chi connectivity index (χ0) is 11.0. The summed E-state index contributed by atoms with van der Waals surface area (Å²) >= 11 is 0. The van der Waals surface area contributed by atoms with E-state index in [0.29, 0.717) is 12.1 Å². The molecule has 1 aromatic carbocycles. The van der Waals surface area contributed by atoms with Gasteiger partial charge < -0.3 is 9.69 Å². The second-order valence-corrected chi connectivity index (χ2v) is 4.16. The van der Waals surface area contributed by atoms with Crippen LogP contribution in [0.15, 0.2) is 18.2 Å². The van der Waals surface area contributed by atoms with E-state index in [1.807, 2.05) is 19.9 Å². The lowest BCUT2D eigenvalue weighted by atomic mass is 10.0. The highest BCUT2D eigenvalue weighted by molar-refractivity contribution is 5.74. The number of aldehydes is 1. The van der Waals surface area contributed by atoms with E-state index in [1.165, 1.54) is 6.07 Å². The summed E-state index contributed by atoms with van der Waals surface area (Å²) in [4.78, 5) is 13.0. The fraction of sp³-hybridized carbons (Fsp3) is 0.417. The number of hydrogen-bond acceptors (Lipinski definition) is 2. The van der Waals surface area contributed by atoms with Gasteiger partial charge in [-0.3, -0.25) is 0 Å². The van der Waals surface area contributed by atoms with E-state index in [1.54, 1.807) is 6.07 Å². The predicted octanol–water partition coefficient (Wildman–Crippen LogP) is 2.34. The number of nitrogens with zero attached hydrogens (tertiary/aromatic N) is 1. The van der Waals surface area contributed by atoms with E-state index in [-0.39, 0.29) is 17.8 Å². The Kier molecular flexibility index (Phi) is 2.47. The van der Waals surface area contributed by atoms with Crippen LogP contribution in [0.25, 0.3) is 0 Å². The van der Waals surface area contributed by atoms with Crippen molar-refractivity contribution in [3.63, 3.8) is 0 Å². The molecule has 1 heterocycles. The van der Waals surface area contributed by atoms with Gasteiger partial charge in [-0.2, -0.15) is 0 Å². The molecule has 0 radical (unpaired) electrons. The second kappa shape index (κ2) is 3.65. The van der Waals surface area contributed by atoms with Crippen LogP contribution in [0, 0.1) is 5.82 Å². The number of halogens is 1. The van der Waals surface area contributed by atoms with Gasteiger partial charge in [-0.1, -0.05) is 6.07 Å². The molecule has 0 aromatic heterocycles. The van der Waals surface area contributed by atoms with Crippen LogP contribution in [0.5, 0.6) is 0 Å². The topological polar surface area (TPSA) is 20.3 Å². The summed E-state index contributed by atoms with van der Waals surface area (Å²) < 4.78 is 13.6. The lowest BCUT2D eigenvalue weighted by molar-refractivity contribution is -0.108. The van der Waals surface area contributed by atoms with Crippen molar-refractivity contribution in [3.8, 4) is 0 Å². The highest BCUT2D eigenvalue weighted by atomic mass is 19.1. The molecule has 0 fully saturated rings. The zero-order valence-corrected chi connectivity index (χ0v) is 8.90. The summed E-state index contributed by atoms with van der Waals surface area (Å²) in [5.74, 6) is -0.587. The largest absolute Gasteiger partial charge is 0.368 e. The van der Waals surface area contributed by atoms with Gasteiger partial charge in [0.05, 0.1) is 5.92 Å². The van der Waals surface area contributed by atoms with E-state index in [9.17, 15) is 9.18 Å². The van der Waals surface area contributed by atoms with Gasteiger partial charge in [0.25, 0.3) is 0 Å². The van der Waals surface area contributed by atoms with Crippen molar-refractivity contribution in [1.29, 1.82) is 0 Å². The molecule has 2 nitrogen and oxygen atoms in total. The van der Waals surface area contributed by atoms with Crippen LogP contribution in [-0.2, 0) is 4.79 Å². The van der Waals surface area contributed by atoms with E-state index >= 15 is 0 Å². The van der Waals surface area contributed by atoms with Gasteiger partial charge >= 0.3 is 0 Å². The van der Waals surface area contributed by atoms with Gasteiger partial charge in [0, 0.05) is 23.8 Å². The van der Waals surface area contributed by atoms with E-state index < -0.39 is 0 Å². The molecule has 0 amide bonds. The van der Waals surface area contributed by atoms with Crippen LogP contribution in [0.1, 0.15) is 25.3 Å². The Morgan fingerprint density at radius 2 is 2.27 bits per heavy atom. The molecule has 1 aromatic rings. The Bertz CT molecular complexity index is 389. The minimum atomic E-state index is -0.316. The smallest absolute Gasteiger partial charge is 0.129 e. The van der Waals surface area contributed by atoms with Crippen LogP contribution < -0.4 is 4.90 Å². The number of carbonyl (C=O) groups is 1. The van der Waals surface area contributed by atoms with Crippen molar-refractivity contribution in [2.24, 2.45) is 0 Å². The van der Waals surface area contributed by atoms with Gasteiger partial charge in [-0.25, -0.2) is 4.39 Å². The molecular formula is C12H14FNO. The van der Waals surface area contributed by atoms with Crippen LogP contribution in [0.2, 0.25) is 0 Å². The molecule has 15 heavy (non-hydrogen) atoms. The number of fused-ring (bicyclic) bond motifs is 1. The Morgan fingerprint density at radius 1 is 1.53 bits per heavy atom. The van der Waals surface area contributed by atoms with Gasteiger partial charge in [0.1, 0.15) is 12.1 Å². The Labute approximate surface area is 88.7 Å². The molecule has 2 rings (SSSR count). The summed E-state index contributed by atoms with van der Waals surface area (Å²) in [5.41, 5.74) is 1.42. The fourth-order valence-electron chi connectivity index (χ4n) is 2.14. The van der Waals surface area contributed by atoms with Crippen LogP contribution in [0.3, 0.4) is 0 Å². The van der Waals surface area contributed by atoms with E-state index in [2.05, 4.69) is 4.90 Å². The van der Waals surface area contributed by atoms with Gasteiger partial charge in [0.2, 0.25) is 0 Å². The molecule has 1 aliphatic rings. The number of hydrogen-bond donors (Lipinski definition) is 0. The predicted molar refractivity (Wildman–Crippen MR) is 57.7 cm³/mol. The number of carbonyl (C=O) groups excluding carboxylic acids is 1. The molecule has 0 bridgehead atoms. The van der Waals surface area contributed by atoms with Crippen LogP contribution >= 0.6 is 0 Å². The molecule has 0 spiro atoms. The zero-order valence-electron chi connectivity index (χ0n) is 8.90. The first-order valence-corrected chi connectivity index (χ1v) is 5.15. The molecular weight excluding hydrogens is 193 g/mol. The molecule has 1 unspecified atom stereocenters.